The normalized spacial score (nSPS) is 12.3. The van der Waals surface area contributed by atoms with Crippen LogP contribution in [0.15, 0.2) is 43.0 Å². The number of nitrogens with zero attached hydrogens (tertiary/aromatic N) is 2. The Morgan fingerprint density at radius 2 is 2.22 bits per heavy atom. The molecule has 0 aliphatic carbocycles. The van der Waals surface area contributed by atoms with E-state index in [1.54, 1.807) is 6.20 Å². The first kappa shape index (κ1) is 12.7. The summed E-state index contributed by atoms with van der Waals surface area (Å²) in [4.78, 5) is 4.08. The van der Waals surface area contributed by atoms with Gasteiger partial charge in [0.25, 0.3) is 0 Å². The zero-order valence-electron chi connectivity index (χ0n) is 11.1. The molecule has 2 rings (SSSR count). The van der Waals surface area contributed by atoms with Crippen molar-refractivity contribution in [2.45, 2.75) is 39.2 Å². The van der Waals surface area contributed by atoms with Crippen molar-refractivity contribution in [3.63, 3.8) is 0 Å². The van der Waals surface area contributed by atoms with Crippen LogP contribution in [0.1, 0.15) is 33.1 Å². The summed E-state index contributed by atoms with van der Waals surface area (Å²) in [5.74, 6) is 0. The fourth-order valence-corrected chi connectivity index (χ4v) is 2.13. The van der Waals surface area contributed by atoms with Crippen molar-refractivity contribution in [3.05, 3.63) is 43.0 Å². The minimum atomic E-state index is 0.563. The fourth-order valence-electron chi connectivity index (χ4n) is 2.13. The van der Waals surface area contributed by atoms with Crippen molar-refractivity contribution in [2.75, 3.05) is 5.32 Å². The molecule has 0 bridgehead atoms. The lowest BCUT2D eigenvalue weighted by Gasteiger charge is -2.18. The molecule has 18 heavy (non-hydrogen) atoms. The maximum absolute atomic E-state index is 4.08. The Bertz CT molecular complexity index is 462. The molecule has 0 aliphatic rings. The zero-order chi connectivity index (χ0) is 12.8. The molecule has 3 heteroatoms. The second kappa shape index (κ2) is 6.24. The molecule has 1 heterocycles. The van der Waals surface area contributed by atoms with E-state index in [1.807, 2.05) is 17.1 Å². The van der Waals surface area contributed by atoms with E-state index in [4.69, 9.17) is 0 Å². The van der Waals surface area contributed by atoms with Gasteiger partial charge in [0.2, 0.25) is 0 Å². The van der Waals surface area contributed by atoms with Gasteiger partial charge < -0.3 is 9.88 Å². The van der Waals surface area contributed by atoms with Crippen molar-refractivity contribution in [1.82, 2.24) is 9.55 Å². The molecule has 1 atom stereocenters. The van der Waals surface area contributed by atoms with Gasteiger partial charge in [0.15, 0.2) is 0 Å². The largest absolute Gasteiger partial charge is 0.382 e. The summed E-state index contributed by atoms with van der Waals surface area (Å²) < 4.78 is 2.02. The molecule has 1 N–H and O–H groups in total. The summed E-state index contributed by atoms with van der Waals surface area (Å²) in [6.45, 7) is 4.46. The Labute approximate surface area is 109 Å². The zero-order valence-corrected chi connectivity index (χ0v) is 11.1. The van der Waals surface area contributed by atoms with Gasteiger partial charge in [-0.25, -0.2) is 4.98 Å². The maximum Gasteiger partial charge on any atom is 0.0991 e. The standard InChI is InChI=1S/C15H21N3/c1-3-6-13(4-2)17-14-7-5-8-15(11-14)18-10-9-16-12-18/h5,7-13,17H,3-4,6H2,1-2H3. The lowest BCUT2D eigenvalue weighted by molar-refractivity contribution is 0.623. The third-order valence-corrected chi connectivity index (χ3v) is 3.15. The number of rotatable bonds is 6. The van der Waals surface area contributed by atoms with Crippen LogP contribution in [0.2, 0.25) is 0 Å². The number of hydrogen-bond acceptors (Lipinski definition) is 2. The highest BCUT2D eigenvalue weighted by Gasteiger charge is 2.05. The topological polar surface area (TPSA) is 29.9 Å². The van der Waals surface area contributed by atoms with Crippen LogP contribution in [0, 0.1) is 0 Å². The molecule has 0 saturated heterocycles. The van der Waals surface area contributed by atoms with Gasteiger partial charge in [0.1, 0.15) is 0 Å². The maximum atomic E-state index is 4.08. The van der Waals surface area contributed by atoms with Gasteiger partial charge in [-0.1, -0.05) is 26.3 Å². The predicted octanol–water partition coefficient (Wildman–Crippen LogP) is 3.86. The van der Waals surface area contributed by atoms with Crippen molar-refractivity contribution >= 4 is 5.69 Å². The number of aromatic nitrogens is 2. The minimum Gasteiger partial charge on any atom is -0.382 e. The first-order chi connectivity index (χ1) is 8.83. The smallest absolute Gasteiger partial charge is 0.0991 e. The van der Waals surface area contributed by atoms with Gasteiger partial charge in [-0.15, -0.1) is 0 Å². The first-order valence-electron chi connectivity index (χ1n) is 6.68. The third kappa shape index (κ3) is 3.13. The Balaban J connectivity index is 2.12. The molecule has 1 aromatic heterocycles. The van der Waals surface area contributed by atoms with Crippen LogP contribution in [-0.2, 0) is 0 Å². The molecule has 0 amide bonds. The quantitative estimate of drug-likeness (QED) is 0.834. The van der Waals surface area contributed by atoms with Crippen molar-refractivity contribution in [3.8, 4) is 5.69 Å². The van der Waals surface area contributed by atoms with Crippen molar-refractivity contribution < 1.29 is 0 Å². The van der Waals surface area contributed by atoms with E-state index in [1.165, 1.54) is 18.5 Å². The summed E-state index contributed by atoms with van der Waals surface area (Å²) in [5, 5.41) is 3.60. The van der Waals surface area contributed by atoms with Crippen LogP contribution in [-0.4, -0.2) is 15.6 Å². The van der Waals surface area contributed by atoms with Gasteiger partial charge in [0.05, 0.1) is 6.33 Å². The molecule has 3 nitrogen and oxygen atoms in total. The van der Waals surface area contributed by atoms with Gasteiger partial charge in [-0.05, 0) is 31.0 Å². The molecule has 96 valence electrons. The number of imidazole rings is 1. The molecule has 0 spiro atoms. The molecular weight excluding hydrogens is 222 g/mol. The summed E-state index contributed by atoms with van der Waals surface area (Å²) >= 11 is 0. The average molecular weight is 243 g/mol. The summed E-state index contributed by atoms with van der Waals surface area (Å²) in [5.41, 5.74) is 2.32. The second-order valence-corrected chi connectivity index (χ2v) is 4.56. The number of anilines is 1. The highest BCUT2D eigenvalue weighted by Crippen LogP contribution is 2.17. The van der Waals surface area contributed by atoms with Gasteiger partial charge in [-0.2, -0.15) is 0 Å². The summed E-state index contributed by atoms with van der Waals surface area (Å²) in [6.07, 6.45) is 9.17. The van der Waals surface area contributed by atoms with Crippen LogP contribution in [0.25, 0.3) is 5.69 Å². The Morgan fingerprint density at radius 1 is 1.33 bits per heavy atom. The molecule has 0 radical (unpaired) electrons. The number of nitrogens with one attached hydrogen (secondary N) is 1. The molecule has 0 aliphatic heterocycles. The molecule has 2 aromatic rings. The summed E-state index contributed by atoms with van der Waals surface area (Å²) in [6, 6.07) is 9.02. The third-order valence-electron chi connectivity index (χ3n) is 3.15. The monoisotopic (exact) mass is 243 g/mol. The van der Waals surface area contributed by atoms with E-state index in [-0.39, 0.29) is 0 Å². The highest BCUT2D eigenvalue weighted by molar-refractivity contribution is 5.51. The van der Waals surface area contributed by atoms with Crippen LogP contribution >= 0.6 is 0 Å². The Hall–Kier alpha value is -1.77. The van der Waals surface area contributed by atoms with Crippen molar-refractivity contribution in [1.29, 1.82) is 0 Å². The molecular formula is C15H21N3. The van der Waals surface area contributed by atoms with E-state index in [9.17, 15) is 0 Å². The van der Waals surface area contributed by atoms with E-state index >= 15 is 0 Å². The Kier molecular flexibility index (Phi) is 4.40. The highest BCUT2D eigenvalue weighted by atomic mass is 15.0. The van der Waals surface area contributed by atoms with E-state index in [0.717, 1.165) is 12.1 Å². The minimum absolute atomic E-state index is 0.563. The van der Waals surface area contributed by atoms with Gasteiger partial charge >= 0.3 is 0 Å². The van der Waals surface area contributed by atoms with Crippen molar-refractivity contribution in [2.24, 2.45) is 0 Å². The van der Waals surface area contributed by atoms with Gasteiger partial charge in [-0.3, -0.25) is 0 Å². The molecule has 1 aromatic carbocycles. The predicted molar refractivity (Wildman–Crippen MR) is 76.2 cm³/mol. The lowest BCUT2D eigenvalue weighted by Crippen LogP contribution is -2.17. The molecule has 1 unspecified atom stereocenters. The summed E-state index contributed by atoms with van der Waals surface area (Å²) in [7, 11) is 0. The van der Waals surface area contributed by atoms with Gasteiger partial charge in [0, 0.05) is 29.8 Å². The van der Waals surface area contributed by atoms with Crippen LogP contribution in [0.4, 0.5) is 5.69 Å². The number of hydrogen-bond donors (Lipinski definition) is 1. The fraction of sp³-hybridized carbons (Fsp3) is 0.400. The van der Waals surface area contributed by atoms with E-state index in [0.29, 0.717) is 6.04 Å². The number of benzene rings is 1. The lowest BCUT2D eigenvalue weighted by atomic mass is 10.1. The van der Waals surface area contributed by atoms with E-state index in [2.05, 4.69) is 48.4 Å². The van der Waals surface area contributed by atoms with Crippen LogP contribution < -0.4 is 5.32 Å². The Morgan fingerprint density at radius 3 is 2.89 bits per heavy atom. The molecule has 0 fully saturated rings. The van der Waals surface area contributed by atoms with E-state index < -0.39 is 0 Å². The molecule has 0 saturated carbocycles. The second-order valence-electron chi connectivity index (χ2n) is 4.56. The average Bonchev–Trinajstić information content (AvgIpc) is 2.92. The van der Waals surface area contributed by atoms with Crippen LogP contribution in [0.5, 0.6) is 0 Å². The SMILES string of the molecule is CCCC(CC)Nc1cccc(-n2ccnc2)c1. The first-order valence-corrected chi connectivity index (χ1v) is 6.68. The van der Waals surface area contributed by atoms with Crippen LogP contribution in [0.3, 0.4) is 0 Å².